The molecule has 0 amide bonds. The highest BCUT2D eigenvalue weighted by molar-refractivity contribution is 6.33. The molecule has 0 aliphatic rings. The first-order valence-electron chi connectivity index (χ1n) is 2.97. The third kappa shape index (κ3) is 1.60. The maximum Gasteiger partial charge on any atom is 0.270 e. The molecule has 1 rings (SSSR count). The van der Waals surface area contributed by atoms with E-state index < -0.39 is 4.92 Å². The summed E-state index contributed by atoms with van der Waals surface area (Å²) in [5.74, 6) is 0. The number of nitro benzene ring substituents is 1. The van der Waals surface area contributed by atoms with Crippen LogP contribution in [0.25, 0.3) is 0 Å². The van der Waals surface area contributed by atoms with Crippen LogP contribution in [-0.4, -0.2) is 11.2 Å². The summed E-state index contributed by atoms with van der Waals surface area (Å²) >= 11 is 5.52. The molecule has 61 valence electrons. The fourth-order valence-corrected chi connectivity index (χ4v) is 0.861. The minimum atomic E-state index is -0.600. The summed E-state index contributed by atoms with van der Waals surface area (Å²) in [5.41, 5.74) is -0.163. The van der Waals surface area contributed by atoms with Crippen molar-refractivity contribution < 1.29 is 9.72 Å². The van der Waals surface area contributed by atoms with Crippen molar-refractivity contribution in [1.82, 2.24) is 0 Å². The van der Waals surface area contributed by atoms with Gasteiger partial charge in [0, 0.05) is 12.1 Å². The average molecular weight is 185 g/mol. The van der Waals surface area contributed by atoms with Crippen molar-refractivity contribution in [1.29, 1.82) is 0 Å². The van der Waals surface area contributed by atoms with Gasteiger partial charge in [-0.15, -0.1) is 0 Å². The second-order valence-electron chi connectivity index (χ2n) is 2.02. The van der Waals surface area contributed by atoms with Crippen molar-refractivity contribution in [2.24, 2.45) is 0 Å². The molecule has 0 aromatic heterocycles. The molecule has 0 heterocycles. The number of hydrogen-bond donors (Lipinski definition) is 0. The SMILES string of the molecule is O=[C]c1cc([N+](=O)[O-])ccc1Cl. The van der Waals surface area contributed by atoms with E-state index in [-0.39, 0.29) is 16.3 Å². The van der Waals surface area contributed by atoms with Crippen molar-refractivity contribution in [3.63, 3.8) is 0 Å². The van der Waals surface area contributed by atoms with Gasteiger partial charge in [0.15, 0.2) is 0 Å². The molecule has 0 saturated heterocycles. The van der Waals surface area contributed by atoms with Gasteiger partial charge in [0.2, 0.25) is 6.29 Å². The number of rotatable bonds is 2. The Morgan fingerprint density at radius 3 is 2.67 bits per heavy atom. The lowest BCUT2D eigenvalue weighted by molar-refractivity contribution is -0.384. The molecule has 0 aliphatic heterocycles. The zero-order valence-corrected chi connectivity index (χ0v) is 6.54. The van der Waals surface area contributed by atoms with E-state index in [0.29, 0.717) is 0 Å². The number of non-ortho nitro benzene ring substituents is 1. The Balaban J connectivity index is 3.22. The van der Waals surface area contributed by atoms with Crippen molar-refractivity contribution in [2.45, 2.75) is 0 Å². The Morgan fingerprint density at radius 2 is 2.17 bits per heavy atom. The highest BCUT2D eigenvalue weighted by atomic mass is 35.5. The lowest BCUT2D eigenvalue weighted by Gasteiger charge is -1.93. The third-order valence-electron chi connectivity index (χ3n) is 1.27. The van der Waals surface area contributed by atoms with Crippen molar-refractivity contribution in [3.8, 4) is 0 Å². The lowest BCUT2D eigenvalue weighted by atomic mass is 10.2. The molecule has 1 aromatic rings. The number of carbonyl (C=O) groups excluding carboxylic acids is 1. The number of nitro groups is 1. The molecule has 0 unspecified atom stereocenters. The number of hydrogen-bond acceptors (Lipinski definition) is 3. The Labute approximate surface area is 72.9 Å². The third-order valence-corrected chi connectivity index (χ3v) is 1.60. The van der Waals surface area contributed by atoms with Crippen LogP contribution in [0, 0.1) is 10.1 Å². The molecule has 0 N–H and O–H groups in total. The van der Waals surface area contributed by atoms with Gasteiger partial charge in [0.1, 0.15) is 0 Å². The second kappa shape index (κ2) is 3.32. The van der Waals surface area contributed by atoms with Gasteiger partial charge in [0.25, 0.3) is 5.69 Å². The Bertz CT molecular complexity index is 337. The van der Waals surface area contributed by atoms with Crippen LogP contribution in [0.3, 0.4) is 0 Å². The van der Waals surface area contributed by atoms with Crippen LogP contribution in [0.4, 0.5) is 5.69 Å². The molecule has 0 saturated carbocycles. The van der Waals surface area contributed by atoms with Gasteiger partial charge in [-0.25, -0.2) is 0 Å². The number of benzene rings is 1. The van der Waals surface area contributed by atoms with Crippen molar-refractivity contribution in [2.75, 3.05) is 0 Å². The molecule has 1 aromatic carbocycles. The standard InChI is InChI=1S/C7H3ClNO3/c8-7-2-1-6(9(11)12)3-5(7)4-10/h1-3H. The first-order valence-corrected chi connectivity index (χ1v) is 3.35. The van der Waals surface area contributed by atoms with Gasteiger partial charge in [-0.05, 0) is 6.07 Å². The number of halogens is 1. The highest BCUT2D eigenvalue weighted by Gasteiger charge is 2.08. The Kier molecular flexibility index (Phi) is 2.40. The van der Waals surface area contributed by atoms with E-state index in [1.807, 2.05) is 0 Å². The van der Waals surface area contributed by atoms with Crippen LogP contribution in [0.1, 0.15) is 5.56 Å². The summed E-state index contributed by atoms with van der Waals surface area (Å²) in [6, 6.07) is 3.60. The minimum absolute atomic E-state index is 0.00543. The van der Waals surface area contributed by atoms with E-state index in [0.717, 1.165) is 6.07 Å². The molecular formula is C7H3ClNO3. The molecule has 5 heteroatoms. The maximum absolute atomic E-state index is 10.2. The van der Waals surface area contributed by atoms with E-state index in [1.54, 1.807) is 0 Å². The predicted octanol–water partition coefficient (Wildman–Crippen LogP) is 1.71. The summed E-state index contributed by atoms with van der Waals surface area (Å²) in [6.45, 7) is 0. The van der Waals surface area contributed by atoms with Gasteiger partial charge >= 0.3 is 0 Å². The molecule has 0 aliphatic carbocycles. The monoisotopic (exact) mass is 184 g/mol. The highest BCUT2D eigenvalue weighted by Crippen LogP contribution is 2.19. The quantitative estimate of drug-likeness (QED) is 0.519. The van der Waals surface area contributed by atoms with E-state index in [1.165, 1.54) is 18.4 Å². The molecule has 12 heavy (non-hydrogen) atoms. The van der Waals surface area contributed by atoms with E-state index in [2.05, 4.69) is 0 Å². The van der Waals surface area contributed by atoms with Crippen molar-refractivity contribution >= 4 is 23.6 Å². The molecule has 1 radical (unpaired) electrons. The summed E-state index contributed by atoms with van der Waals surface area (Å²) in [4.78, 5) is 19.8. The smallest absolute Gasteiger partial charge is 0.270 e. The zero-order valence-electron chi connectivity index (χ0n) is 5.78. The van der Waals surface area contributed by atoms with Gasteiger partial charge in [-0.2, -0.15) is 0 Å². The lowest BCUT2D eigenvalue weighted by Crippen LogP contribution is -1.90. The maximum atomic E-state index is 10.2. The summed E-state index contributed by atoms with van der Waals surface area (Å²) in [6.07, 6.45) is 1.50. The fourth-order valence-electron chi connectivity index (χ4n) is 0.705. The van der Waals surface area contributed by atoms with E-state index >= 15 is 0 Å². The largest absolute Gasteiger partial charge is 0.285 e. The van der Waals surface area contributed by atoms with Crippen LogP contribution in [0.2, 0.25) is 5.02 Å². The minimum Gasteiger partial charge on any atom is -0.285 e. The zero-order chi connectivity index (χ0) is 9.14. The second-order valence-corrected chi connectivity index (χ2v) is 2.43. The fraction of sp³-hybridized carbons (Fsp3) is 0. The normalized spacial score (nSPS) is 9.42. The first kappa shape index (κ1) is 8.67. The van der Waals surface area contributed by atoms with Crippen LogP contribution < -0.4 is 0 Å². The topological polar surface area (TPSA) is 60.2 Å². The molecule has 4 nitrogen and oxygen atoms in total. The van der Waals surface area contributed by atoms with Gasteiger partial charge in [-0.3, -0.25) is 14.9 Å². The first-order chi connectivity index (χ1) is 5.65. The summed E-state index contributed by atoms with van der Waals surface area (Å²) in [7, 11) is 0. The molecule has 0 bridgehead atoms. The molecule has 0 spiro atoms. The predicted molar refractivity (Wildman–Crippen MR) is 42.9 cm³/mol. The average Bonchev–Trinajstić information content (AvgIpc) is 2.05. The van der Waals surface area contributed by atoms with Crippen LogP contribution in [0.15, 0.2) is 18.2 Å². The van der Waals surface area contributed by atoms with Crippen LogP contribution >= 0.6 is 11.6 Å². The summed E-state index contributed by atoms with van der Waals surface area (Å²) < 4.78 is 0. The van der Waals surface area contributed by atoms with Crippen LogP contribution in [0.5, 0.6) is 0 Å². The summed E-state index contributed by atoms with van der Waals surface area (Å²) in [5, 5.41) is 10.4. The molecule has 0 atom stereocenters. The van der Waals surface area contributed by atoms with E-state index in [4.69, 9.17) is 11.6 Å². The van der Waals surface area contributed by atoms with E-state index in [9.17, 15) is 14.9 Å². The number of nitrogens with zero attached hydrogens (tertiary/aromatic N) is 1. The Hall–Kier alpha value is -1.42. The van der Waals surface area contributed by atoms with Gasteiger partial charge < -0.3 is 0 Å². The molecular weight excluding hydrogens is 182 g/mol. The van der Waals surface area contributed by atoms with Crippen LogP contribution in [-0.2, 0) is 4.79 Å². The van der Waals surface area contributed by atoms with Crippen molar-refractivity contribution in [3.05, 3.63) is 38.9 Å². The van der Waals surface area contributed by atoms with Gasteiger partial charge in [0.05, 0.1) is 15.5 Å². The molecule has 0 fully saturated rings. The van der Waals surface area contributed by atoms with Gasteiger partial charge in [-0.1, -0.05) is 11.6 Å². The Morgan fingerprint density at radius 1 is 1.50 bits per heavy atom.